The van der Waals surface area contributed by atoms with Gasteiger partial charge in [0, 0.05) is 6.61 Å². The molecule has 0 aliphatic carbocycles. The summed E-state index contributed by atoms with van der Waals surface area (Å²) in [4.78, 5) is 12.3. The standard InChI is InChI=1S/C16H19N3O3S/c1-3-21-12-8-5-4-7-11(12)13-18-19-15(23-13)17-14(20)16(2)9-6-10-22-16/h4-5,7-8H,3,6,9-10H2,1-2H3,(H,17,19,20)/t16-/m0/s1. The van der Waals surface area contributed by atoms with Crippen LogP contribution >= 0.6 is 11.3 Å². The Labute approximate surface area is 138 Å². The largest absolute Gasteiger partial charge is 0.493 e. The van der Waals surface area contributed by atoms with E-state index in [1.54, 1.807) is 0 Å². The average Bonchev–Trinajstić information content (AvgIpc) is 3.18. The number of nitrogens with one attached hydrogen (secondary N) is 1. The first-order chi connectivity index (χ1) is 11.1. The molecule has 1 saturated heterocycles. The van der Waals surface area contributed by atoms with E-state index < -0.39 is 5.60 Å². The number of hydrogen-bond donors (Lipinski definition) is 1. The maximum atomic E-state index is 12.3. The van der Waals surface area contributed by atoms with E-state index in [1.807, 2.05) is 38.1 Å². The van der Waals surface area contributed by atoms with E-state index in [-0.39, 0.29) is 5.91 Å². The number of nitrogens with zero attached hydrogens (tertiary/aromatic N) is 2. The molecule has 0 saturated carbocycles. The van der Waals surface area contributed by atoms with Crippen LogP contribution in [0.15, 0.2) is 24.3 Å². The molecule has 2 aromatic rings. The summed E-state index contributed by atoms with van der Waals surface area (Å²) in [6, 6.07) is 7.66. The fourth-order valence-electron chi connectivity index (χ4n) is 2.49. The first-order valence-corrected chi connectivity index (χ1v) is 8.45. The average molecular weight is 333 g/mol. The van der Waals surface area contributed by atoms with Crippen molar-refractivity contribution in [2.75, 3.05) is 18.5 Å². The van der Waals surface area contributed by atoms with Crippen LogP contribution in [0.1, 0.15) is 26.7 Å². The molecule has 1 aromatic heterocycles. The molecule has 0 unspecified atom stereocenters. The summed E-state index contributed by atoms with van der Waals surface area (Å²) in [6.07, 6.45) is 1.62. The second-order valence-corrected chi connectivity index (χ2v) is 6.46. The van der Waals surface area contributed by atoms with Crippen LogP contribution in [0.25, 0.3) is 10.6 Å². The molecular formula is C16H19N3O3S. The Morgan fingerprint density at radius 3 is 3.00 bits per heavy atom. The summed E-state index contributed by atoms with van der Waals surface area (Å²) in [7, 11) is 0. The van der Waals surface area contributed by atoms with Crippen molar-refractivity contribution in [3.05, 3.63) is 24.3 Å². The summed E-state index contributed by atoms with van der Waals surface area (Å²) in [5.41, 5.74) is 0.102. The molecule has 1 N–H and O–H groups in total. The molecule has 3 rings (SSSR count). The molecule has 1 aliphatic heterocycles. The summed E-state index contributed by atoms with van der Waals surface area (Å²) < 4.78 is 11.2. The number of benzene rings is 1. The lowest BCUT2D eigenvalue weighted by Gasteiger charge is -2.20. The van der Waals surface area contributed by atoms with Crippen molar-refractivity contribution in [3.8, 4) is 16.3 Å². The van der Waals surface area contributed by atoms with Crippen LogP contribution in [-0.4, -0.2) is 34.9 Å². The van der Waals surface area contributed by atoms with E-state index in [0.717, 1.165) is 24.2 Å². The molecule has 0 radical (unpaired) electrons. The van der Waals surface area contributed by atoms with Crippen LogP contribution in [0, 0.1) is 0 Å². The van der Waals surface area contributed by atoms with Crippen molar-refractivity contribution in [2.45, 2.75) is 32.3 Å². The molecular weight excluding hydrogens is 314 g/mol. The molecule has 0 spiro atoms. The third-order valence-corrected chi connectivity index (χ3v) is 4.63. The van der Waals surface area contributed by atoms with Gasteiger partial charge < -0.3 is 9.47 Å². The normalized spacial score (nSPS) is 20.4. The Kier molecular flexibility index (Phi) is 4.58. The molecule has 1 atom stereocenters. The monoisotopic (exact) mass is 333 g/mol. The molecule has 23 heavy (non-hydrogen) atoms. The van der Waals surface area contributed by atoms with Crippen LogP contribution in [0.4, 0.5) is 5.13 Å². The van der Waals surface area contributed by atoms with Crippen LogP contribution in [0.5, 0.6) is 5.75 Å². The first-order valence-electron chi connectivity index (χ1n) is 7.63. The van der Waals surface area contributed by atoms with Crippen LogP contribution in [0.2, 0.25) is 0 Å². The van der Waals surface area contributed by atoms with E-state index in [2.05, 4.69) is 15.5 Å². The van der Waals surface area contributed by atoms with E-state index in [0.29, 0.717) is 23.4 Å². The molecule has 6 nitrogen and oxygen atoms in total. The molecule has 1 fully saturated rings. The van der Waals surface area contributed by atoms with E-state index in [4.69, 9.17) is 9.47 Å². The maximum Gasteiger partial charge on any atom is 0.258 e. The van der Waals surface area contributed by atoms with Gasteiger partial charge in [0.1, 0.15) is 11.4 Å². The highest BCUT2D eigenvalue weighted by Gasteiger charge is 2.38. The van der Waals surface area contributed by atoms with Crippen molar-refractivity contribution >= 4 is 22.4 Å². The number of rotatable bonds is 5. The number of para-hydroxylation sites is 1. The number of ether oxygens (including phenoxy) is 2. The summed E-state index contributed by atoms with van der Waals surface area (Å²) in [6.45, 7) is 4.94. The van der Waals surface area contributed by atoms with E-state index in [1.165, 1.54) is 11.3 Å². The van der Waals surface area contributed by atoms with Gasteiger partial charge in [0.2, 0.25) is 5.13 Å². The van der Waals surface area contributed by atoms with Gasteiger partial charge in [-0.2, -0.15) is 0 Å². The molecule has 1 amide bonds. The molecule has 122 valence electrons. The minimum absolute atomic E-state index is 0.171. The lowest BCUT2D eigenvalue weighted by atomic mass is 10.0. The van der Waals surface area contributed by atoms with Crippen LogP contribution in [0.3, 0.4) is 0 Å². The highest BCUT2D eigenvalue weighted by Crippen LogP contribution is 2.34. The Bertz CT molecular complexity index is 695. The van der Waals surface area contributed by atoms with Gasteiger partial charge in [0.05, 0.1) is 12.2 Å². The Morgan fingerprint density at radius 2 is 2.26 bits per heavy atom. The van der Waals surface area contributed by atoms with Crippen molar-refractivity contribution in [3.63, 3.8) is 0 Å². The summed E-state index contributed by atoms with van der Waals surface area (Å²) >= 11 is 1.32. The first kappa shape index (κ1) is 15.9. The minimum atomic E-state index is -0.769. The topological polar surface area (TPSA) is 73.3 Å². The van der Waals surface area contributed by atoms with Crippen molar-refractivity contribution in [2.24, 2.45) is 0 Å². The SMILES string of the molecule is CCOc1ccccc1-c1nnc(NC(=O)[C@]2(C)CCCO2)s1. The highest BCUT2D eigenvalue weighted by atomic mass is 32.1. The number of hydrogen-bond acceptors (Lipinski definition) is 6. The Morgan fingerprint density at radius 1 is 1.43 bits per heavy atom. The predicted molar refractivity (Wildman–Crippen MR) is 88.7 cm³/mol. The third kappa shape index (κ3) is 3.35. The van der Waals surface area contributed by atoms with Crippen molar-refractivity contribution in [1.29, 1.82) is 0 Å². The van der Waals surface area contributed by atoms with Gasteiger partial charge in [-0.15, -0.1) is 10.2 Å². The highest BCUT2D eigenvalue weighted by molar-refractivity contribution is 7.18. The van der Waals surface area contributed by atoms with Gasteiger partial charge in [0.25, 0.3) is 5.91 Å². The number of carbonyl (C=O) groups is 1. The van der Waals surface area contributed by atoms with Crippen LogP contribution < -0.4 is 10.1 Å². The lowest BCUT2D eigenvalue weighted by molar-refractivity contribution is -0.133. The molecule has 1 aromatic carbocycles. The second-order valence-electron chi connectivity index (χ2n) is 5.48. The molecule has 0 bridgehead atoms. The molecule has 7 heteroatoms. The van der Waals surface area contributed by atoms with Crippen LogP contribution in [-0.2, 0) is 9.53 Å². The smallest absolute Gasteiger partial charge is 0.258 e. The number of aromatic nitrogens is 2. The van der Waals surface area contributed by atoms with E-state index >= 15 is 0 Å². The zero-order valence-electron chi connectivity index (χ0n) is 13.2. The second kappa shape index (κ2) is 6.64. The van der Waals surface area contributed by atoms with Crippen molar-refractivity contribution < 1.29 is 14.3 Å². The van der Waals surface area contributed by atoms with E-state index in [9.17, 15) is 4.79 Å². The van der Waals surface area contributed by atoms with Gasteiger partial charge >= 0.3 is 0 Å². The molecule has 1 aliphatic rings. The van der Waals surface area contributed by atoms with Crippen molar-refractivity contribution in [1.82, 2.24) is 10.2 Å². The summed E-state index contributed by atoms with van der Waals surface area (Å²) in [5, 5.41) is 12.2. The number of amides is 1. The van der Waals surface area contributed by atoms with Gasteiger partial charge in [-0.3, -0.25) is 10.1 Å². The zero-order valence-corrected chi connectivity index (χ0v) is 14.0. The lowest BCUT2D eigenvalue weighted by Crippen LogP contribution is -2.39. The summed E-state index contributed by atoms with van der Waals surface area (Å²) in [5.74, 6) is 0.589. The van der Waals surface area contributed by atoms with Gasteiger partial charge in [0.15, 0.2) is 5.01 Å². The fraction of sp³-hybridized carbons (Fsp3) is 0.438. The quantitative estimate of drug-likeness (QED) is 0.910. The Balaban J connectivity index is 1.77. The Hall–Kier alpha value is -1.99. The zero-order chi connectivity index (χ0) is 16.3. The van der Waals surface area contributed by atoms with Gasteiger partial charge in [-0.1, -0.05) is 23.5 Å². The molecule has 2 heterocycles. The fourth-order valence-corrected chi connectivity index (χ4v) is 3.26. The number of anilines is 1. The number of carbonyl (C=O) groups excluding carboxylic acids is 1. The predicted octanol–water partition coefficient (Wildman–Crippen LogP) is 3.11. The van der Waals surface area contributed by atoms with Gasteiger partial charge in [-0.05, 0) is 38.8 Å². The minimum Gasteiger partial charge on any atom is -0.493 e. The maximum absolute atomic E-state index is 12.3. The third-order valence-electron chi connectivity index (χ3n) is 3.76. The van der Waals surface area contributed by atoms with Gasteiger partial charge in [-0.25, -0.2) is 0 Å².